The van der Waals surface area contributed by atoms with Gasteiger partial charge in [-0.15, -0.1) is 0 Å². The molecule has 0 aromatic heterocycles. The number of nitrogens with zero attached hydrogens (tertiary/aromatic N) is 1. The van der Waals surface area contributed by atoms with Gasteiger partial charge in [-0.3, -0.25) is 4.79 Å². The highest BCUT2D eigenvalue weighted by molar-refractivity contribution is 5.93. The van der Waals surface area contributed by atoms with Crippen molar-refractivity contribution in [1.29, 1.82) is 0 Å². The third-order valence-corrected chi connectivity index (χ3v) is 3.48. The Kier molecular flexibility index (Phi) is 5.81. The number of nitrogens with one attached hydrogen (secondary N) is 1. The van der Waals surface area contributed by atoms with Crippen LogP contribution in [0.25, 0.3) is 0 Å². The second-order valence-electron chi connectivity index (χ2n) is 5.67. The molecule has 0 bridgehead atoms. The lowest BCUT2D eigenvalue weighted by Gasteiger charge is -2.23. The van der Waals surface area contributed by atoms with Crippen LogP contribution in [0.5, 0.6) is 0 Å². The molecule has 1 amide bonds. The van der Waals surface area contributed by atoms with E-state index in [0.717, 1.165) is 31.5 Å². The minimum absolute atomic E-state index is 0.00434. The number of carbonyl (C=O) groups is 1. The molecule has 1 aromatic carbocycles. The summed E-state index contributed by atoms with van der Waals surface area (Å²) in [5.74, 6) is -0.00434. The van der Waals surface area contributed by atoms with Gasteiger partial charge in [-0.25, -0.2) is 0 Å². The predicted molar refractivity (Wildman–Crippen MR) is 83.6 cm³/mol. The molecule has 4 heteroatoms. The topological polar surface area (TPSA) is 41.6 Å². The van der Waals surface area contributed by atoms with Gasteiger partial charge < -0.3 is 15.0 Å². The van der Waals surface area contributed by atoms with Gasteiger partial charge in [0.25, 0.3) is 5.91 Å². The third-order valence-electron chi connectivity index (χ3n) is 3.48. The molecule has 0 aliphatic carbocycles. The van der Waals surface area contributed by atoms with E-state index in [-0.39, 0.29) is 11.9 Å². The largest absolute Gasteiger partial charge is 0.501 e. The number of amides is 1. The lowest BCUT2D eigenvalue weighted by atomic mass is 10.1. The Labute approximate surface area is 126 Å². The van der Waals surface area contributed by atoms with E-state index in [1.807, 2.05) is 25.1 Å². The van der Waals surface area contributed by atoms with E-state index in [1.54, 1.807) is 6.26 Å². The molecule has 1 heterocycles. The molecule has 0 spiro atoms. The molecule has 1 unspecified atom stereocenters. The van der Waals surface area contributed by atoms with Gasteiger partial charge in [0.15, 0.2) is 0 Å². The van der Waals surface area contributed by atoms with E-state index < -0.39 is 0 Å². The summed E-state index contributed by atoms with van der Waals surface area (Å²) in [5.41, 5.74) is 2.03. The van der Waals surface area contributed by atoms with Crippen molar-refractivity contribution in [2.75, 3.05) is 20.2 Å². The van der Waals surface area contributed by atoms with Gasteiger partial charge in [0.05, 0.1) is 18.4 Å². The van der Waals surface area contributed by atoms with E-state index >= 15 is 0 Å². The summed E-state index contributed by atoms with van der Waals surface area (Å²) >= 11 is 0. The fourth-order valence-corrected chi connectivity index (χ4v) is 2.52. The molecular formula is C17H24N2O2. The van der Waals surface area contributed by atoms with Crippen LogP contribution >= 0.6 is 0 Å². The number of likely N-dealkylation sites (N-methyl/N-ethyl adjacent to an activating group) is 1. The molecule has 0 saturated carbocycles. The summed E-state index contributed by atoms with van der Waals surface area (Å²) in [6.45, 7) is 4.44. The Morgan fingerprint density at radius 2 is 2.14 bits per heavy atom. The summed E-state index contributed by atoms with van der Waals surface area (Å²) in [7, 11) is 2.07. The van der Waals surface area contributed by atoms with Crippen LogP contribution in [-0.2, 0) is 16.1 Å². The molecule has 1 N–H and O–H groups in total. The van der Waals surface area contributed by atoms with Gasteiger partial charge in [0, 0.05) is 19.1 Å². The van der Waals surface area contributed by atoms with E-state index in [9.17, 15) is 4.79 Å². The molecule has 1 aliphatic heterocycles. The predicted octanol–water partition coefficient (Wildman–Crippen LogP) is 2.32. The molecule has 4 nitrogen and oxygen atoms in total. The first-order valence-electron chi connectivity index (χ1n) is 7.49. The summed E-state index contributed by atoms with van der Waals surface area (Å²) in [6.07, 6.45) is 3.32. The average Bonchev–Trinajstić information content (AvgIpc) is 2.48. The minimum Gasteiger partial charge on any atom is -0.501 e. The fourth-order valence-electron chi connectivity index (χ4n) is 2.52. The third kappa shape index (κ3) is 5.23. The van der Waals surface area contributed by atoms with E-state index in [2.05, 4.69) is 29.4 Å². The Hall–Kier alpha value is -1.81. The SMILES string of the molecule is CC(CN(C)Cc1ccccc1)NC(=O)C1=COCCC1. The van der Waals surface area contributed by atoms with Gasteiger partial charge in [-0.1, -0.05) is 30.3 Å². The van der Waals surface area contributed by atoms with Crippen molar-refractivity contribution in [1.82, 2.24) is 10.2 Å². The maximum atomic E-state index is 12.1. The number of rotatable bonds is 6. The lowest BCUT2D eigenvalue weighted by molar-refractivity contribution is -0.118. The monoisotopic (exact) mass is 288 g/mol. The van der Waals surface area contributed by atoms with E-state index in [4.69, 9.17) is 4.74 Å². The van der Waals surface area contributed by atoms with Crippen molar-refractivity contribution < 1.29 is 9.53 Å². The molecule has 0 radical (unpaired) electrons. The maximum absolute atomic E-state index is 12.1. The van der Waals surface area contributed by atoms with Crippen LogP contribution in [0.2, 0.25) is 0 Å². The highest BCUT2D eigenvalue weighted by Crippen LogP contribution is 2.12. The molecule has 1 aromatic rings. The van der Waals surface area contributed by atoms with Crippen molar-refractivity contribution in [3.8, 4) is 0 Å². The Bertz CT molecular complexity index is 485. The van der Waals surface area contributed by atoms with E-state index in [1.165, 1.54) is 5.56 Å². The van der Waals surface area contributed by atoms with Crippen LogP contribution in [0, 0.1) is 0 Å². The standard InChI is InChI=1S/C17H24N2O2/c1-14(18-17(20)16-9-6-10-21-13-16)11-19(2)12-15-7-4-3-5-8-15/h3-5,7-8,13-14H,6,9-12H2,1-2H3,(H,18,20). The van der Waals surface area contributed by atoms with Crippen LogP contribution in [0.4, 0.5) is 0 Å². The van der Waals surface area contributed by atoms with Crippen LogP contribution in [0.15, 0.2) is 42.2 Å². The van der Waals surface area contributed by atoms with Crippen LogP contribution in [0.1, 0.15) is 25.3 Å². The average molecular weight is 288 g/mol. The van der Waals surface area contributed by atoms with Crippen LogP contribution < -0.4 is 5.32 Å². The zero-order chi connectivity index (χ0) is 15.1. The van der Waals surface area contributed by atoms with Crippen molar-refractivity contribution in [3.63, 3.8) is 0 Å². The first kappa shape index (κ1) is 15.6. The summed E-state index contributed by atoms with van der Waals surface area (Å²) in [5, 5.41) is 3.04. The van der Waals surface area contributed by atoms with Gasteiger partial charge in [-0.05, 0) is 32.4 Å². The van der Waals surface area contributed by atoms with Crippen molar-refractivity contribution in [2.45, 2.75) is 32.4 Å². The molecule has 21 heavy (non-hydrogen) atoms. The molecule has 114 valence electrons. The van der Waals surface area contributed by atoms with Crippen LogP contribution in [0.3, 0.4) is 0 Å². The summed E-state index contributed by atoms with van der Waals surface area (Å²) in [4.78, 5) is 14.3. The second kappa shape index (κ2) is 7.84. The highest BCUT2D eigenvalue weighted by Gasteiger charge is 2.16. The molecule has 0 saturated heterocycles. The molecule has 0 fully saturated rings. The first-order chi connectivity index (χ1) is 10.1. The molecular weight excluding hydrogens is 264 g/mol. The zero-order valence-electron chi connectivity index (χ0n) is 12.8. The number of hydrogen-bond acceptors (Lipinski definition) is 3. The van der Waals surface area contributed by atoms with Crippen molar-refractivity contribution in [3.05, 3.63) is 47.7 Å². The number of benzene rings is 1. The summed E-state index contributed by atoms with van der Waals surface area (Å²) < 4.78 is 5.21. The van der Waals surface area contributed by atoms with Crippen molar-refractivity contribution >= 4 is 5.91 Å². The zero-order valence-corrected chi connectivity index (χ0v) is 12.8. The number of ether oxygens (including phenoxy) is 1. The van der Waals surface area contributed by atoms with Crippen molar-refractivity contribution in [2.24, 2.45) is 0 Å². The molecule has 1 aliphatic rings. The highest BCUT2D eigenvalue weighted by atomic mass is 16.5. The Balaban J connectivity index is 1.77. The van der Waals surface area contributed by atoms with E-state index in [0.29, 0.717) is 6.61 Å². The smallest absolute Gasteiger partial charge is 0.250 e. The Morgan fingerprint density at radius 1 is 1.38 bits per heavy atom. The molecule has 2 rings (SSSR count). The first-order valence-corrected chi connectivity index (χ1v) is 7.49. The number of hydrogen-bond donors (Lipinski definition) is 1. The van der Waals surface area contributed by atoms with Gasteiger partial charge >= 0.3 is 0 Å². The van der Waals surface area contributed by atoms with Gasteiger partial charge in [-0.2, -0.15) is 0 Å². The number of carbonyl (C=O) groups excluding carboxylic acids is 1. The van der Waals surface area contributed by atoms with Crippen LogP contribution in [-0.4, -0.2) is 37.0 Å². The fraction of sp³-hybridized carbons (Fsp3) is 0.471. The lowest BCUT2D eigenvalue weighted by Crippen LogP contribution is -2.41. The Morgan fingerprint density at radius 3 is 2.81 bits per heavy atom. The molecule has 1 atom stereocenters. The maximum Gasteiger partial charge on any atom is 0.250 e. The second-order valence-corrected chi connectivity index (χ2v) is 5.67. The minimum atomic E-state index is -0.00434. The summed E-state index contributed by atoms with van der Waals surface area (Å²) in [6, 6.07) is 10.4. The van der Waals surface area contributed by atoms with Gasteiger partial charge in [0.2, 0.25) is 0 Å². The van der Waals surface area contributed by atoms with Gasteiger partial charge in [0.1, 0.15) is 0 Å². The quantitative estimate of drug-likeness (QED) is 0.873. The normalized spacial score (nSPS) is 16.0.